The van der Waals surface area contributed by atoms with E-state index in [1.165, 1.54) is 6.42 Å². The van der Waals surface area contributed by atoms with E-state index in [-0.39, 0.29) is 10.2 Å². The molecule has 0 heterocycles. The Kier molecular flexibility index (Phi) is 6.24. The lowest BCUT2D eigenvalue weighted by Crippen LogP contribution is -2.33. The van der Waals surface area contributed by atoms with Crippen molar-refractivity contribution in [3.63, 3.8) is 0 Å². The zero-order valence-electron chi connectivity index (χ0n) is 11.0. The van der Waals surface area contributed by atoms with Crippen LogP contribution in [0.2, 0.25) is 0 Å². The summed E-state index contributed by atoms with van der Waals surface area (Å²) in [5.41, 5.74) is 0.276. The summed E-state index contributed by atoms with van der Waals surface area (Å²) in [6.45, 7) is 15.8. The Balaban J connectivity index is 4.29. The first-order chi connectivity index (χ1) is 6.60. The minimum absolute atomic E-state index is 0.199. The van der Waals surface area contributed by atoms with Crippen LogP contribution in [-0.2, 0) is 0 Å². The van der Waals surface area contributed by atoms with Crippen LogP contribution in [0.15, 0.2) is 0 Å². The van der Waals surface area contributed by atoms with Crippen molar-refractivity contribution in [2.45, 2.75) is 64.9 Å². The lowest BCUT2D eigenvalue weighted by molar-refractivity contribution is 0.321. The summed E-state index contributed by atoms with van der Waals surface area (Å²) in [5.74, 6) is 0. The molecule has 0 bridgehead atoms. The summed E-state index contributed by atoms with van der Waals surface area (Å²) in [7, 11) is 0. The summed E-state index contributed by atoms with van der Waals surface area (Å²) in [4.78, 5) is 0. The maximum Gasteiger partial charge on any atom is 0.105 e. The van der Waals surface area contributed by atoms with E-state index in [1.54, 1.807) is 0 Å². The zero-order valence-corrected chi connectivity index (χ0v) is 13.5. The van der Waals surface area contributed by atoms with E-state index in [9.17, 15) is 0 Å². The van der Waals surface area contributed by atoms with Crippen LogP contribution in [-0.4, -0.2) is 13.5 Å². The van der Waals surface area contributed by atoms with Crippen molar-refractivity contribution >= 4 is 39.3 Å². The van der Waals surface area contributed by atoms with Gasteiger partial charge in [0.25, 0.3) is 0 Å². The normalized spacial score (nSPS) is 15.1. The van der Waals surface area contributed by atoms with Crippen molar-refractivity contribution in [1.29, 1.82) is 0 Å². The van der Waals surface area contributed by atoms with Crippen molar-refractivity contribution in [3.05, 3.63) is 0 Å². The van der Waals surface area contributed by atoms with Crippen LogP contribution in [0, 0.1) is 5.41 Å². The Hall–Kier alpha value is 0.790. The number of thiocarbonyl (C=S) groups is 1. The molecule has 0 aliphatic carbocycles. The van der Waals surface area contributed by atoms with E-state index in [0.29, 0.717) is 5.25 Å². The van der Waals surface area contributed by atoms with Crippen molar-refractivity contribution in [2.75, 3.05) is 0 Å². The maximum absolute atomic E-state index is 5.44. The molecule has 0 fully saturated rings. The van der Waals surface area contributed by atoms with Gasteiger partial charge in [0.1, 0.15) is 3.53 Å². The third-order valence-electron chi connectivity index (χ3n) is 3.02. The molecule has 0 spiro atoms. The first-order valence-corrected chi connectivity index (χ1v) is 7.60. The molecule has 0 aliphatic heterocycles. The van der Waals surface area contributed by atoms with Gasteiger partial charge in [-0.3, -0.25) is 0 Å². The number of hydrogen-bond donors (Lipinski definition) is 0. The highest BCUT2D eigenvalue weighted by Crippen LogP contribution is 2.44. The molecule has 0 aromatic carbocycles. The standard InChI is InChI=1S/C12H24S3/c1-8-9(2)14-10(13)15-12(6,7)11(3,4)5/h9H,8H2,1-7H3. The number of hydrogen-bond acceptors (Lipinski definition) is 3. The summed E-state index contributed by atoms with van der Waals surface area (Å²) < 4.78 is 1.29. The largest absolute Gasteiger partial charge is 0.105 e. The predicted molar refractivity (Wildman–Crippen MR) is 81.1 cm³/mol. The monoisotopic (exact) mass is 264 g/mol. The second kappa shape index (κ2) is 5.92. The van der Waals surface area contributed by atoms with Crippen LogP contribution >= 0.6 is 35.7 Å². The summed E-state index contributed by atoms with van der Waals surface area (Å²) >= 11 is 9.12. The molecule has 15 heavy (non-hydrogen) atoms. The van der Waals surface area contributed by atoms with Crippen LogP contribution in [0.1, 0.15) is 54.9 Å². The van der Waals surface area contributed by atoms with Gasteiger partial charge in [-0.2, -0.15) is 0 Å². The van der Waals surface area contributed by atoms with Gasteiger partial charge in [0.2, 0.25) is 0 Å². The van der Waals surface area contributed by atoms with Gasteiger partial charge in [-0.25, -0.2) is 0 Å². The molecule has 0 saturated heterocycles. The lowest BCUT2D eigenvalue weighted by atomic mass is 9.83. The van der Waals surface area contributed by atoms with Crippen LogP contribution in [0.25, 0.3) is 0 Å². The zero-order chi connectivity index (χ0) is 12.3. The fraction of sp³-hybridized carbons (Fsp3) is 0.917. The highest BCUT2D eigenvalue weighted by molar-refractivity contribution is 8.47. The minimum atomic E-state index is 0.199. The minimum Gasteiger partial charge on any atom is -0.105 e. The molecule has 3 heteroatoms. The Labute approximate surface area is 109 Å². The van der Waals surface area contributed by atoms with Crippen LogP contribution in [0.3, 0.4) is 0 Å². The summed E-state index contributed by atoms with van der Waals surface area (Å²) in [5, 5.41) is 0.640. The van der Waals surface area contributed by atoms with Crippen LogP contribution in [0.4, 0.5) is 0 Å². The molecule has 0 radical (unpaired) electrons. The summed E-state index contributed by atoms with van der Waals surface area (Å²) in [6.07, 6.45) is 1.18. The topological polar surface area (TPSA) is 0 Å². The van der Waals surface area contributed by atoms with E-state index < -0.39 is 0 Å². The molecule has 90 valence electrons. The highest BCUT2D eigenvalue weighted by Gasteiger charge is 2.34. The molecule has 1 unspecified atom stereocenters. The smallest absolute Gasteiger partial charge is 0.105 e. The molecule has 0 N–H and O–H groups in total. The SMILES string of the molecule is CCC(C)SC(=S)SC(C)(C)C(C)(C)C. The molecule has 0 aromatic heterocycles. The Bertz CT molecular complexity index is 213. The highest BCUT2D eigenvalue weighted by atomic mass is 32.2. The fourth-order valence-corrected chi connectivity index (χ4v) is 4.28. The van der Waals surface area contributed by atoms with Gasteiger partial charge in [-0.05, 0) is 25.7 Å². The third kappa shape index (κ3) is 5.60. The molecule has 1 atom stereocenters. The van der Waals surface area contributed by atoms with Crippen molar-refractivity contribution in [2.24, 2.45) is 5.41 Å². The Morgan fingerprint density at radius 1 is 1.20 bits per heavy atom. The van der Waals surface area contributed by atoms with Gasteiger partial charge in [-0.1, -0.05) is 46.8 Å². The van der Waals surface area contributed by atoms with Gasteiger partial charge >= 0.3 is 0 Å². The Morgan fingerprint density at radius 3 is 2.00 bits per heavy atom. The molecule has 0 nitrogen and oxygen atoms in total. The van der Waals surface area contributed by atoms with E-state index in [1.807, 2.05) is 23.5 Å². The first-order valence-electron chi connectivity index (χ1n) is 5.49. The van der Waals surface area contributed by atoms with E-state index in [2.05, 4.69) is 48.5 Å². The van der Waals surface area contributed by atoms with Gasteiger partial charge in [0.05, 0.1) is 0 Å². The van der Waals surface area contributed by atoms with Crippen LogP contribution < -0.4 is 0 Å². The van der Waals surface area contributed by atoms with Gasteiger partial charge in [-0.15, -0.1) is 23.5 Å². The molecule has 0 aromatic rings. The first kappa shape index (κ1) is 15.8. The Morgan fingerprint density at radius 2 is 1.67 bits per heavy atom. The molecule has 0 aliphatic rings. The van der Waals surface area contributed by atoms with E-state index in [0.717, 1.165) is 3.53 Å². The predicted octanol–water partition coefficient (Wildman–Crippen LogP) is 5.36. The third-order valence-corrected chi connectivity index (χ3v) is 6.31. The maximum atomic E-state index is 5.44. The van der Waals surface area contributed by atoms with E-state index in [4.69, 9.17) is 12.2 Å². The summed E-state index contributed by atoms with van der Waals surface area (Å²) in [6, 6.07) is 0. The quantitative estimate of drug-likeness (QED) is 0.630. The molecule has 0 rings (SSSR count). The fourth-order valence-electron chi connectivity index (χ4n) is 0.633. The number of thioether (sulfide) groups is 2. The molecule has 0 amide bonds. The van der Waals surface area contributed by atoms with Crippen LogP contribution in [0.5, 0.6) is 0 Å². The molecular formula is C12H24S3. The van der Waals surface area contributed by atoms with E-state index >= 15 is 0 Å². The average molecular weight is 265 g/mol. The van der Waals surface area contributed by atoms with Crippen molar-refractivity contribution < 1.29 is 0 Å². The van der Waals surface area contributed by atoms with Crippen molar-refractivity contribution in [1.82, 2.24) is 0 Å². The van der Waals surface area contributed by atoms with Crippen molar-refractivity contribution in [3.8, 4) is 0 Å². The lowest BCUT2D eigenvalue weighted by Gasteiger charge is -2.38. The van der Waals surface area contributed by atoms with Gasteiger partial charge < -0.3 is 0 Å². The second-order valence-corrected chi connectivity index (χ2v) is 9.71. The molecule has 0 saturated carbocycles. The second-order valence-electron chi connectivity index (χ2n) is 5.45. The van der Waals surface area contributed by atoms with Gasteiger partial charge in [0.15, 0.2) is 0 Å². The number of rotatable bonds is 3. The average Bonchev–Trinajstić information content (AvgIpc) is 2.00. The van der Waals surface area contributed by atoms with Gasteiger partial charge in [0, 0.05) is 10.00 Å². The molecular weight excluding hydrogens is 240 g/mol.